The molecule has 6 heteroatoms. The maximum atomic E-state index is 13.3. The molecule has 0 saturated carbocycles. The summed E-state index contributed by atoms with van der Waals surface area (Å²) >= 11 is 8.48. The first-order valence-electron chi connectivity index (χ1n) is 10.2. The Kier molecular flexibility index (Phi) is 7.95. The normalized spacial score (nSPS) is 11.2. The quantitative estimate of drug-likeness (QED) is 0.236. The topological polar surface area (TPSA) is 38.1 Å². The molecule has 0 radical (unpaired) electrons. The average molecular weight is 524 g/mol. The molecule has 1 amide bonds. The fourth-order valence-electron chi connectivity index (χ4n) is 3.52. The zero-order valence-electron chi connectivity index (χ0n) is 17.0. The molecule has 0 saturated heterocycles. The monoisotopic (exact) mass is 523 g/mol. The van der Waals surface area contributed by atoms with Crippen molar-refractivity contribution >= 4 is 51.1 Å². The Morgan fingerprint density at radius 2 is 1.97 bits per heavy atom. The van der Waals surface area contributed by atoms with Gasteiger partial charge in [0.2, 0.25) is 0 Å². The van der Waals surface area contributed by atoms with Gasteiger partial charge in [-0.25, -0.2) is 4.98 Å². The van der Waals surface area contributed by atoms with Gasteiger partial charge in [-0.05, 0) is 71.8 Å². The highest BCUT2D eigenvalue weighted by Crippen LogP contribution is 2.23. The number of hydrogen-bond acceptors (Lipinski definition) is 2. The summed E-state index contributed by atoms with van der Waals surface area (Å²) in [6.07, 6.45) is 4.22. The number of aryl methyl sites for hydroxylation is 1. The minimum Gasteiger partial charge on any atom is -0.331 e. The van der Waals surface area contributed by atoms with Crippen LogP contribution >= 0.6 is 34.2 Å². The number of nitrogens with zero attached hydrogens (tertiary/aromatic N) is 3. The number of hydrogen-bond donors (Lipinski definition) is 0. The van der Waals surface area contributed by atoms with Gasteiger partial charge < -0.3 is 9.47 Å². The van der Waals surface area contributed by atoms with E-state index in [2.05, 4.69) is 41.0 Å². The fourth-order valence-corrected chi connectivity index (χ4v) is 4.23. The Morgan fingerprint density at radius 1 is 1.14 bits per heavy atom. The van der Waals surface area contributed by atoms with E-state index in [-0.39, 0.29) is 5.91 Å². The van der Waals surface area contributed by atoms with Crippen LogP contribution in [0.4, 0.5) is 0 Å². The third-order valence-electron chi connectivity index (χ3n) is 4.96. The van der Waals surface area contributed by atoms with Crippen molar-refractivity contribution in [2.45, 2.75) is 52.6 Å². The molecular formula is C23H27ClIN3O. The molecule has 1 heterocycles. The number of benzene rings is 2. The number of amides is 1. The minimum atomic E-state index is 0.0627. The van der Waals surface area contributed by atoms with Gasteiger partial charge in [-0.3, -0.25) is 4.79 Å². The molecule has 0 fully saturated rings. The maximum Gasteiger partial charge on any atom is 0.254 e. The molecule has 0 unspecified atom stereocenters. The summed E-state index contributed by atoms with van der Waals surface area (Å²) in [5, 5.41) is 0.705. The highest BCUT2D eigenvalue weighted by molar-refractivity contribution is 14.1. The number of rotatable bonds is 9. The molecule has 3 aromatic rings. The van der Waals surface area contributed by atoms with Gasteiger partial charge in [-0.15, -0.1) is 0 Å². The fraction of sp³-hybridized carbons (Fsp3) is 0.391. The molecule has 4 nitrogen and oxygen atoms in total. The van der Waals surface area contributed by atoms with Crippen LogP contribution in [0.3, 0.4) is 0 Å². The highest BCUT2D eigenvalue weighted by Gasteiger charge is 2.20. The second-order valence-corrected chi connectivity index (χ2v) is 8.94. The molecule has 0 bridgehead atoms. The van der Waals surface area contributed by atoms with Crippen molar-refractivity contribution in [1.29, 1.82) is 0 Å². The van der Waals surface area contributed by atoms with Crippen LogP contribution in [0.2, 0.25) is 5.02 Å². The van der Waals surface area contributed by atoms with Gasteiger partial charge in [-0.1, -0.05) is 44.4 Å². The number of halogens is 2. The van der Waals surface area contributed by atoms with E-state index in [9.17, 15) is 4.79 Å². The summed E-state index contributed by atoms with van der Waals surface area (Å²) in [5.74, 6) is 0.979. The van der Waals surface area contributed by atoms with Crippen molar-refractivity contribution < 1.29 is 4.79 Å². The third kappa shape index (κ3) is 5.51. The lowest BCUT2D eigenvalue weighted by atomic mass is 10.1. The minimum absolute atomic E-state index is 0.0627. The number of unbranched alkanes of at least 4 members (excludes halogenated alkanes) is 2. The molecule has 0 N–H and O–H groups in total. The van der Waals surface area contributed by atoms with E-state index in [1.807, 2.05) is 47.4 Å². The van der Waals surface area contributed by atoms with Gasteiger partial charge in [0.25, 0.3) is 5.91 Å². The predicted octanol–water partition coefficient (Wildman–Crippen LogP) is 6.54. The largest absolute Gasteiger partial charge is 0.331 e. The standard InChI is InChI=1S/C23H27ClIN3O/c1-3-5-6-13-27(23(29)17-8-7-9-19(25)14-17)16-22-26-20-11-10-18(24)15-21(20)28(22)12-4-2/h7-11,14-15H,3-6,12-13,16H2,1-2H3. The summed E-state index contributed by atoms with van der Waals surface area (Å²) in [6, 6.07) is 13.6. The van der Waals surface area contributed by atoms with Crippen LogP contribution < -0.4 is 0 Å². The van der Waals surface area contributed by atoms with Gasteiger partial charge in [-0.2, -0.15) is 0 Å². The molecule has 29 heavy (non-hydrogen) atoms. The number of carbonyl (C=O) groups is 1. The smallest absolute Gasteiger partial charge is 0.254 e. The summed E-state index contributed by atoms with van der Waals surface area (Å²) in [4.78, 5) is 20.1. The van der Waals surface area contributed by atoms with Crippen LogP contribution in [0.1, 0.15) is 55.7 Å². The van der Waals surface area contributed by atoms with Crippen LogP contribution in [0.25, 0.3) is 11.0 Å². The summed E-state index contributed by atoms with van der Waals surface area (Å²) in [7, 11) is 0. The molecule has 2 aromatic carbocycles. The van der Waals surface area contributed by atoms with Gasteiger partial charge in [0.1, 0.15) is 5.82 Å². The van der Waals surface area contributed by atoms with Crippen LogP contribution in [0.15, 0.2) is 42.5 Å². The van der Waals surface area contributed by atoms with Crippen LogP contribution in [-0.2, 0) is 13.1 Å². The maximum absolute atomic E-state index is 13.3. The number of aromatic nitrogens is 2. The first kappa shape index (κ1) is 22.1. The Labute approximate surface area is 191 Å². The molecular weight excluding hydrogens is 497 g/mol. The van der Waals surface area contributed by atoms with Crippen molar-refractivity contribution in [3.05, 3.63) is 62.4 Å². The van der Waals surface area contributed by atoms with Crippen LogP contribution in [0.5, 0.6) is 0 Å². The molecule has 0 atom stereocenters. The van der Waals surface area contributed by atoms with Crippen molar-refractivity contribution in [3.63, 3.8) is 0 Å². The van der Waals surface area contributed by atoms with E-state index in [0.29, 0.717) is 11.6 Å². The summed E-state index contributed by atoms with van der Waals surface area (Å²) < 4.78 is 3.27. The van der Waals surface area contributed by atoms with Gasteiger partial charge in [0.05, 0.1) is 17.6 Å². The molecule has 0 aliphatic heterocycles. The van der Waals surface area contributed by atoms with Gasteiger partial charge in [0, 0.05) is 27.2 Å². The molecule has 0 aliphatic rings. The van der Waals surface area contributed by atoms with Crippen molar-refractivity contribution in [3.8, 4) is 0 Å². The van der Waals surface area contributed by atoms with Gasteiger partial charge in [0.15, 0.2) is 0 Å². The molecule has 154 valence electrons. The number of fused-ring (bicyclic) bond motifs is 1. The number of carbonyl (C=O) groups excluding carboxylic acids is 1. The average Bonchev–Trinajstić information content (AvgIpc) is 3.03. The summed E-state index contributed by atoms with van der Waals surface area (Å²) in [5.41, 5.74) is 2.69. The van der Waals surface area contributed by atoms with E-state index >= 15 is 0 Å². The lowest BCUT2D eigenvalue weighted by molar-refractivity contribution is 0.0734. The SMILES string of the molecule is CCCCCN(Cc1nc2ccc(Cl)cc2n1CCC)C(=O)c1cccc(I)c1. The van der Waals surface area contributed by atoms with Crippen LogP contribution in [-0.4, -0.2) is 26.9 Å². The van der Waals surface area contributed by atoms with Crippen molar-refractivity contribution in [1.82, 2.24) is 14.5 Å². The van der Waals surface area contributed by atoms with E-state index < -0.39 is 0 Å². The highest BCUT2D eigenvalue weighted by atomic mass is 127. The van der Waals surface area contributed by atoms with Crippen molar-refractivity contribution in [2.24, 2.45) is 0 Å². The Balaban J connectivity index is 1.94. The van der Waals surface area contributed by atoms with E-state index in [0.717, 1.165) is 64.8 Å². The molecule has 0 spiro atoms. The molecule has 3 rings (SSSR count). The lowest BCUT2D eigenvalue weighted by Gasteiger charge is -2.23. The Morgan fingerprint density at radius 3 is 2.69 bits per heavy atom. The van der Waals surface area contributed by atoms with Gasteiger partial charge >= 0.3 is 0 Å². The zero-order valence-corrected chi connectivity index (χ0v) is 19.9. The lowest BCUT2D eigenvalue weighted by Crippen LogP contribution is -2.32. The molecule has 1 aromatic heterocycles. The molecule has 0 aliphatic carbocycles. The predicted molar refractivity (Wildman–Crippen MR) is 128 cm³/mol. The second kappa shape index (κ2) is 10.4. The zero-order chi connectivity index (χ0) is 20.8. The Hall–Kier alpha value is -1.60. The number of imidazole rings is 1. The van der Waals surface area contributed by atoms with Crippen molar-refractivity contribution in [2.75, 3.05) is 6.54 Å². The Bertz CT molecular complexity index is 985. The van der Waals surface area contributed by atoms with E-state index in [4.69, 9.17) is 16.6 Å². The van der Waals surface area contributed by atoms with Crippen LogP contribution in [0, 0.1) is 3.57 Å². The van der Waals surface area contributed by atoms with E-state index in [1.54, 1.807) is 0 Å². The van der Waals surface area contributed by atoms with E-state index in [1.165, 1.54) is 0 Å². The first-order valence-corrected chi connectivity index (χ1v) is 11.7. The first-order chi connectivity index (χ1) is 14.0. The second-order valence-electron chi connectivity index (χ2n) is 7.26. The summed E-state index contributed by atoms with van der Waals surface area (Å²) in [6.45, 7) is 6.41. The third-order valence-corrected chi connectivity index (χ3v) is 5.87.